The third-order valence-electron chi connectivity index (χ3n) is 0.494. The van der Waals surface area contributed by atoms with Gasteiger partial charge in [-0.3, -0.25) is 4.79 Å². The van der Waals surface area contributed by atoms with E-state index in [-0.39, 0.29) is 4.87 Å². The van der Waals surface area contributed by atoms with E-state index >= 15 is 0 Å². The Morgan fingerprint density at radius 3 is 2.71 bits per heavy atom. The highest BCUT2D eigenvalue weighted by Crippen LogP contribution is 1.93. The molecule has 0 aliphatic carbocycles. The Bertz CT molecular complexity index is 203. The molecule has 1 rings (SSSR count). The number of thiazole rings is 1. The van der Waals surface area contributed by atoms with Crippen molar-refractivity contribution in [2.75, 3.05) is 0 Å². The second-order valence-corrected chi connectivity index (χ2v) is 1.95. The Morgan fingerprint density at radius 2 is 2.57 bits per heavy atom. The van der Waals surface area contributed by atoms with Crippen LogP contribution in [0.1, 0.15) is 0 Å². The average Bonchev–Trinajstić information content (AvgIpc) is 1.87. The predicted octanol–water partition coefficient (Wildman–Crippen LogP) is 0.576. The lowest BCUT2D eigenvalue weighted by Crippen LogP contribution is -1.88. The Labute approximate surface area is 42.6 Å². The highest BCUT2D eigenvalue weighted by molar-refractivity contribution is 7.07. The zero-order chi connectivity index (χ0) is 5.28. The number of nitrogens with one attached hydrogen (secondary N) is 1. The number of halogens is 1. The van der Waals surface area contributed by atoms with Crippen LogP contribution in [-0.4, -0.2) is 4.98 Å². The summed E-state index contributed by atoms with van der Waals surface area (Å²) in [4.78, 5) is 11.8. The molecule has 7 heavy (non-hydrogen) atoms. The molecule has 1 aromatic heterocycles. The molecule has 0 spiro atoms. The highest BCUT2D eigenvalue weighted by atomic mass is 32.1. The van der Waals surface area contributed by atoms with Crippen LogP contribution in [0, 0.1) is 5.13 Å². The smallest absolute Gasteiger partial charge is 0.307 e. The van der Waals surface area contributed by atoms with Gasteiger partial charge in [-0.15, -0.1) is 0 Å². The molecule has 38 valence electrons. The van der Waals surface area contributed by atoms with Gasteiger partial charge < -0.3 is 4.98 Å². The van der Waals surface area contributed by atoms with Gasteiger partial charge in [0.2, 0.25) is 0 Å². The molecule has 0 amide bonds. The van der Waals surface area contributed by atoms with Crippen molar-refractivity contribution in [3.63, 3.8) is 0 Å². The van der Waals surface area contributed by atoms with Gasteiger partial charge >= 0.3 is 4.87 Å². The molecule has 0 atom stereocenters. The summed E-state index contributed by atoms with van der Waals surface area (Å²) in [6.45, 7) is 0. The lowest BCUT2D eigenvalue weighted by molar-refractivity contribution is 0.653. The first-order valence-electron chi connectivity index (χ1n) is 1.63. The second-order valence-electron chi connectivity index (χ2n) is 0.982. The normalized spacial score (nSPS) is 9.29. The molecular formula is C3H2FNOS. The van der Waals surface area contributed by atoms with E-state index in [0.717, 1.165) is 6.20 Å². The molecule has 1 N–H and O–H groups in total. The molecule has 2 nitrogen and oxygen atoms in total. The zero-order valence-corrected chi connectivity index (χ0v) is 4.09. The van der Waals surface area contributed by atoms with Crippen LogP contribution in [0.15, 0.2) is 11.0 Å². The minimum atomic E-state index is -0.468. The molecule has 0 aliphatic rings. The number of rotatable bonds is 0. The van der Waals surface area contributed by atoms with Gasteiger partial charge in [0.05, 0.1) is 6.20 Å². The topological polar surface area (TPSA) is 32.9 Å². The van der Waals surface area contributed by atoms with Crippen molar-refractivity contribution in [2.45, 2.75) is 0 Å². The van der Waals surface area contributed by atoms with Crippen molar-refractivity contribution in [3.8, 4) is 0 Å². The van der Waals surface area contributed by atoms with Crippen molar-refractivity contribution in [1.29, 1.82) is 0 Å². The maximum absolute atomic E-state index is 11.7. The molecular weight excluding hydrogens is 117 g/mol. The van der Waals surface area contributed by atoms with Crippen LogP contribution in [0.3, 0.4) is 0 Å². The van der Waals surface area contributed by atoms with Crippen molar-refractivity contribution in [1.82, 2.24) is 4.98 Å². The lowest BCUT2D eigenvalue weighted by Gasteiger charge is -1.57. The summed E-state index contributed by atoms with van der Waals surface area (Å²) in [5, 5.41) is -0.468. The van der Waals surface area contributed by atoms with Gasteiger partial charge in [0.25, 0.3) is 0 Å². The van der Waals surface area contributed by atoms with Crippen molar-refractivity contribution in [3.05, 3.63) is 21.0 Å². The Hall–Kier alpha value is -0.640. The van der Waals surface area contributed by atoms with Crippen LogP contribution in [0.2, 0.25) is 0 Å². The van der Waals surface area contributed by atoms with Gasteiger partial charge in [-0.1, -0.05) is 0 Å². The zero-order valence-electron chi connectivity index (χ0n) is 3.27. The summed E-state index contributed by atoms with van der Waals surface area (Å²) >= 11 is 0.565. The molecule has 0 unspecified atom stereocenters. The molecule has 0 saturated carbocycles. The number of H-pyrrole nitrogens is 1. The fourth-order valence-electron chi connectivity index (χ4n) is 0.263. The lowest BCUT2D eigenvalue weighted by atomic mass is 11.0. The summed E-state index contributed by atoms with van der Waals surface area (Å²) in [6.07, 6.45) is 1.03. The fourth-order valence-corrected chi connectivity index (χ4v) is 0.676. The maximum Gasteiger partial charge on any atom is 0.307 e. The first-order valence-corrected chi connectivity index (χ1v) is 2.45. The van der Waals surface area contributed by atoms with Crippen molar-refractivity contribution in [2.24, 2.45) is 0 Å². The molecule has 0 aromatic carbocycles. The van der Waals surface area contributed by atoms with Crippen LogP contribution >= 0.6 is 11.3 Å². The van der Waals surface area contributed by atoms with Gasteiger partial charge in [0, 0.05) is 0 Å². The maximum atomic E-state index is 11.7. The number of aromatic amines is 1. The van der Waals surface area contributed by atoms with Crippen LogP contribution in [0.25, 0.3) is 0 Å². The van der Waals surface area contributed by atoms with E-state index < -0.39 is 5.13 Å². The highest BCUT2D eigenvalue weighted by Gasteiger charge is 1.88. The Kier molecular flexibility index (Phi) is 0.941. The number of aromatic nitrogens is 1. The van der Waals surface area contributed by atoms with Gasteiger partial charge in [-0.05, 0) is 11.3 Å². The van der Waals surface area contributed by atoms with E-state index in [2.05, 4.69) is 4.98 Å². The third kappa shape index (κ3) is 0.866. The van der Waals surface area contributed by atoms with E-state index in [1.807, 2.05) is 0 Å². The third-order valence-corrected chi connectivity index (χ3v) is 1.11. The largest absolute Gasteiger partial charge is 0.316 e. The number of hydrogen-bond donors (Lipinski definition) is 1. The summed E-state index contributed by atoms with van der Waals surface area (Å²) in [5.74, 6) is 0. The molecule has 1 aromatic rings. The quantitative estimate of drug-likeness (QED) is 0.532. The molecule has 0 aliphatic heterocycles. The SMILES string of the molecule is O=c1[nH]cc(F)s1. The first-order chi connectivity index (χ1) is 3.29. The van der Waals surface area contributed by atoms with Gasteiger partial charge in [0.1, 0.15) is 0 Å². The summed E-state index contributed by atoms with van der Waals surface area (Å²) < 4.78 is 11.7. The van der Waals surface area contributed by atoms with E-state index in [1.54, 1.807) is 0 Å². The number of hydrogen-bond acceptors (Lipinski definition) is 2. The van der Waals surface area contributed by atoms with E-state index in [1.165, 1.54) is 0 Å². The molecule has 4 heteroatoms. The van der Waals surface area contributed by atoms with E-state index in [0.29, 0.717) is 11.3 Å². The van der Waals surface area contributed by atoms with Crippen LogP contribution in [0.5, 0.6) is 0 Å². The van der Waals surface area contributed by atoms with Crippen molar-refractivity contribution >= 4 is 11.3 Å². The molecule has 0 saturated heterocycles. The van der Waals surface area contributed by atoms with Crippen LogP contribution in [0.4, 0.5) is 4.39 Å². The van der Waals surface area contributed by atoms with E-state index in [9.17, 15) is 9.18 Å². The van der Waals surface area contributed by atoms with Gasteiger partial charge in [-0.2, -0.15) is 4.39 Å². The Morgan fingerprint density at radius 1 is 1.86 bits per heavy atom. The van der Waals surface area contributed by atoms with Crippen molar-refractivity contribution < 1.29 is 4.39 Å². The van der Waals surface area contributed by atoms with Gasteiger partial charge in [0.15, 0.2) is 5.13 Å². The predicted molar refractivity (Wildman–Crippen MR) is 24.9 cm³/mol. The fraction of sp³-hybridized carbons (Fsp3) is 0. The minimum Gasteiger partial charge on any atom is -0.316 e. The average molecular weight is 119 g/mol. The van der Waals surface area contributed by atoms with Crippen LogP contribution in [-0.2, 0) is 0 Å². The van der Waals surface area contributed by atoms with E-state index in [4.69, 9.17) is 0 Å². The monoisotopic (exact) mass is 119 g/mol. The molecule has 0 bridgehead atoms. The van der Waals surface area contributed by atoms with Crippen LogP contribution < -0.4 is 4.87 Å². The summed E-state index contributed by atoms with van der Waals surface area (Å²) in [6, 6.07) is 0. The first kappa shape index (κ1) is 4.52. The van der Waals surface area contributed by atoms with Gasteiger partial charge in [-0.25, -0.2) is 0 Å². The second kappa shape index (κ2) is 1.46. The minimum absolute atomic E-state index is 0.350. The molecule has 1 heterocycles. The summed E-state index contributed by atoms with van der Waals surface area (Å²) in [7, 11) is 0. The standard InChI is InChI=1S/C3H2FNOS/c4-2-1-5-3(6)7-2/h1H,(H,5,6). The summed E-state index contributed by atoms with van der Waals surface area (Å²) in [5.41, 5.74) is 0. The molecule has 0 radical (unpaired) electrons. The molecule has 0 fully saturated rings. The Balaban J connectivity index is 3.30.